The number of hydrogen-bond donors (Lipinski definition) is 2. The SMILES string of the molecule is CC(C)(C)[C@H](O)[C@H](N)c1ccc(F)c(F)c1. The molecule has 3 N–H and O–H groups in total. The van der Waals surface area contributed by atoms with Gasteiger partial charge in [0.1, 0.15) is 0 Å². The Morgan fingerprint density at radius 2 is 1.75 bits per heavy atom. The third-order valence-corrected chi connectivity index (χ3v) is 2.56. The van der Waals surface area contributed by atoms with Gasteiger partial charge in [0, 0.05) is 0 Å². The second-order valence-electron chi connectivity index (χ2n) is 5.01. The van der Waals surface area contributed by atoms with Crippen molar-refractivity contribution in [2.24, 2.45) is 11.1 Å². The highest BCUT2D eigenvalue weighted by atomic mass is 19.2. The van der Waals surface area contributed by atoms with Gasteiger partial charge in [-0.25, -0.2) is 8.78 Å². The zero-order valence-corrected chi connectivity index (χ0v) is 9.67. The molecule has 0 spiro atoms. The van der Waals surface area contributed by atoms with Crippen molar-refractivity contribution in [2.75, 3.05) is 0 Å². The van der Waals surface area contributed by atoms with Crippen LogP contribution in [0.5, 0.6) is 0 Å². The molecule has 0 fully saturated rings. The molecular weight excluding hydrogens is 212 g/mol. The van der Waals surface area contributed by atoms with Crippen molar-refractivity contribution in [1.82, 2.24) is 0 Å². The summed E-state index contributed by atoms with van der Waals surface area (Å²) in [5, 5.41) is 9.93. The summed E-state index contributed by atoms with van der Waals surface area (Å²) in [6, 6.07) is 2.70. The van der Waals surface area contributed by atoms with Gasteiger partial charge in [-0.2, -0.15) is 0 Å². The van der Waals surface area contributed by atoms with Crippen LogP contribution in [0, 0.1) is 17.0 Å². The molecule has 0 aromatic heterocycles. The van der Waals surface area contributed by atoms with Crippen LogP contribution in [-0.2, 0) is 0 Å². The van der Waals surface area contributed by atoms with Crippen molar-refractivity contribution in [3.8, 4) is 0 Å². The van der Waals surface area contributed by atoms with Gasteiger partial charge in [-0.1, -0.05) is 26.8 Å². The molecule has 0 amide bonds. The van der Waals surface area contributed by atoms with Crippen LogP contribution in [0.25, 0.3) is 0 Å². The molecule has 1 aromatic rings. The molecule has 0 saturated heterocycles. The van der Waals surface area contributed by atoms with Crippen molar-refractivity contribution < 1.29 is 13.9 Å². The smallest absolute Gasteiger partial charge is 0.159 e. The maximum Gasteiger partial charge on any atom is 0.159 e. The van der Waals surface area contributed by atoms with Crippen LogP contribution in [0.1, 0.15) is 32.4 Å². The molecule has 0 saturated carbocycles. The molecule has 0 aliphatic carbocycles. The van der Waals surface area contributed by atoms with Gasteiger partial charge in [0.05, 0.1) is 12.1 Å². The Bertz CT molecular complexity index is 374. The number of nitrogens with two attached hydrogens (primary N) is 1. The molecular formula is C12H17F2NO. The number of aliphatic hydroxyl groups is 1. The topological polar surface area (TPSA) is 46.2 Å². The lowest BCUT2D eigenvalue weighted by Gasteiger charge is -2.31. The van der Waals surface area contributed by atoms with E-state index in [1.165, 1.54) is 6.07 Å². The fourth-order valence-corrected chi connectivity index (χ4v) is 1.44. The molecule has 90 valence electrons. The maximum absolute atomic E-state index is 13.0. The highest BCUT2D eigenvalue weighted by Crippen LogP contribution is 2.28. The second-order valence-corrected chi connectivity index (χ2v) is 5.01. The summed E-state index contributed by atoms with van der Waals surface area (Å²) in [6.45, 7) is 5.49. The largest absolute Gasteiger partial charge is 0.391 e. The van der Waals surface area contributed by atoms with Gasteiger partial charge >= 0.3 is 0 Å². The molecule has 2 atom stereocenters. The number of benzene rings is 1. The van der Waals surface area contributed by atoms with Crippen LogP contribution in [-0.4, -0.2) is 11.2 Å². The lowest BCUT2D eigenvalue weighted by atomic mass is 9.82. The fraction of sp³-hybridized carbons (Fsp3) is 0.500. The van der Waals surface area contributed by atoms with Gasteiger partial charge in [-0.05, 0) is 23.1 Å². The molecule has 1 aromatic carbocycles. The predicted octanol–water partition coefficient (Wildman–Crippen LogP) is 2.37. The average Bonchev–Trinajstić information content (AvgIpc) is 2.18. The third-order valence-electron chi connectivity index (χ3n) is 2.56. The summed E-state index contributed by atoms with van der Waals surface area (Å²) < 4.78 is 25.7. The van der Waals surface area contributed by atoms with Crippen LogP contribution >= 0.6 is 0 Å². The van der Waals surface area contributed by atoms with E-state index in [0.29, 0.717) is 5.56 Å². The minimum atomic E-state index is -0.950. The Balaban J connectivity index is 2.97. The predicted molar refractivity (Wildman–Crippen MR) is 58.7 cm³/mol. The number of hydrogen-bond acceptors (Lipinski definition) is 2. The average molecular weight is 229 g/mol. The van der Waals surface area contributed by atoms with E-state index < -0.39 is 29.2 Å². The van der Waals surface area contributed by atoms with Crippen molar-refractivity contribution in [1.29, 1.82) is 0 Å². The highest BCUT2D eigenvalue weighted by Gasteiger charge is 2.29. The summed E-state index contributed by atoms with van der Waals surface area (Å²) >= 11 is 0. The molecule has 2 nitrogen and oxygen atoms in total. The minimum Gasteiger partial charge on any atom is -0.391 e. The highest BCUT2D eigenvalue weighted by molar-refractivity contribution is 5.22. The minimum absolute atomic E-state index is 0.390. The van der Waals surface area contributed by atoms with Crippen LogP contribution in [0.15, 0.2) is 18.2 Å². The van der Waals surface area contributed by atoms with Crippen molar-refractivity contribution in [2.45, 2.75) is 32.9 Å². The zero-order chi connectivity index (χ0) is 12.5. The summed E-state index contributed by atoms with van der Waals surface area (Å²) in [6.07, 6.45) is -0.822. The van der Waals surface area contributed by atoms with Crippen molar-refractivity contribution in [3.05, 3.63) is 35.4 Å². The summed E-state index contributed by atoms with van der Waals surface area (Å²) in [5.74, 6) is -1.87. The maximum atomic E-state index is 13.0. The molecule has 0 aliphatic rings. The molecule has 0 bridgehead atoms. The molecule has 1 rings (SSSR count). The van der Waals surface area contributed by atoms with E-state index in [1.807, 2.05) is 20.8 Å². The Labute approximate surface area is 94.1 Å². The number of rotatable bonds is 2. The van der Waals surface area contributed by atoms with Gasteiger partial charge < -0.3 is 10.8 Å². The first-order valence-electron chi connectivity index (χ1n) is 5.12. The molecule has 0 aliphatic heterocycles. The summed E-state index contributed by atoms with van der Waals surface area (Å²) in [7, 11) is 0. The molecule has 0 unspecified atom stereocenters. The third kappa shape index (κ3) is 2.77. The van der Waals surface area contributed by atoms with E-state index in [9.17, 15) is 13.9 Å². The van der Waals surface area contributed by atoms with Gasteiger partial charge in [0.2, 0.25) is 0 Å². The monoisotopic (exact) mass is 229 g/mol. The van der Waals surface area contributed by atoms with Crippen molar-refractivity contribution >= 4 is 0 Å². The Morgan fingerprint density at radius 1 is 1.19 bits per heavy atom. The van der Waals surface area contributed by atoms with Crippen molar-refractivity contribution in [3.63, 3.8) is 0 Å². The first kappa shape index (κ1) is 13.1. The molecule has 16 heavy (non-hydrogen) atoms. The quantitative estimate of drug-likeness (QED) is 0.817. The van der Waals surface area contributed by atoms with E-state index in [0.717, 1.165) is 12.1 Å². The van der Waals surface area contributed by atoms with Gasteiger partial charge in [-0.3, -0.25) is 0 Å². The zero-order valence-electron chi connectivity index (χ0n) is 9.67. The Morgan fingerprint density at radius 3 is 2.19 bits per heavy atom. The Hall–Kier alpha value is -1.00. The van der Waals surface area contributed by atoms with Gasteiger partial charge in [0.25, 0.3) is 0 Å². The van der Waals surface area contributed by atoms with E-state index in [4.69, 9.17) is 5.73 Å². The number of halogens is 2. The first-order valence-corrected chi connectivity index (χ1v) is 5.12. The summed E-state index contributed by atoms with van der Waals surface area (Å²) in [5.41, 5.74) is 5.78. The fourth-order valence-electron chi connectivity index (χ4n) is 1.44. The van der Waals surface area contributed by atoms with E-state index >= 15 is 0 Å². The molecule has 0 heterocycles. The normalized spacial score (nSPS) is 15.9. The van der Waals surface area contributed by atoms with Gasteiger partial charge in [-0.15, -0.1) is 0 Å². The van der Waals surface area contributed by atoms with E-state index in [2.05, 4.69) is 0 Å². The van der Waals surface area contributed by atoms with Crippen LogP contribution in [0.4, 0.5) is 8.78 Å². The van der Waals surface area contributed by atoms with Gasteiger partial charge in [0.15, 0.2) is 11.6 Å². The van der Waals surface area contributed by atoms with Crippen LogP contribution in [0.2, 0.25) is 0 Å². The molecule has 0 radical (unpaired) electrons. The summed E-state index contributed by atoms with van der Waals surface area (Å²) in [4.78, 5) is 0. The van der Waals surface area contributed by atoms with E-state index in [-0.39, 0.29) is 0 Å². The first-order chi connectivity index (χ1) is 7.23. The lowest BCUT2D eigenvalue weighted by Crippen LogP contribution is -2.37. The lowest BCUT2D eigenvalue weighted by molar-refractivity contribution is 0.0400. The standard InChI is InChI=1S/C12H17F2NO/c1-12(2,3)11(16)10(15)7-4-5-8(13)9(14)6-7/h4-6,10-11,16H,15H2,1-3H3/t10-,11-/m1/s1. The van der Waals surface area contributed by atoms with Crippen LogP contribution in [0.3, 0.4) is 0 Å². The number of aliphatic hydroxyl groups excluding tert-OH is 1. The molecule has 4 heteroatoms. The Kier molecular flexibility index (Phi) is 3.65. The second kappa shape index (κ2) is 4.47. The van der Waals surface area contributed by atoms with E-state index in [1.54, 1.807) is 0 Å². The van der Waals surface area contributed by atoms with Crippen LogP contribution < -0.4 is 5.73 Å².